The molecule has 56 valence electrons. The van der Waals surface area contributed by atoms with Crippen LogP contribution >= 0.6 is 0 Å². The number of nitrogens with zero attached hydrogens (tertiary/aromatic N) is 3. The molecule has 0 aliphatic carbocycles. The Bertz CT molecular complexity index is 172. The Morgan fingerprint density at radius 1 is 1.60 bits per heavy atom. The van der Waals surface area contributed by atoms with E-state index in [1.54, 1.807) is 14.1 Å². The Morgan fingerprint density at radius 3 is 2.40 bits per heavy atom. The highest BCUT2D eigenvalue weighted by Crippen LogP contribution is 1.79. The van der Waals surface area contributed by atoms with Gasteiger partial charge in [-0.3, -0.25) is 5.41 Å². The number of rotatable bonds is 0. The van der Waals surface area contributed by atoms with Crippen molar-refractivity contribution in [2.24, 2.45) is 15.9 Å². The van der Waals surface area contributed by atoms with E-state index in [1.807, 2.05) is 0 Å². The van der Waals surface area contributed by atoms with Crippen LogP contribution in [0, 0.1) is 10.3 Å². The summed E-state index contributed by atoms with van der Waals surface area (Å²) in [6.45, 7) is 0. The number of hydrogen-bond donors (Lipinski definition) is 2. The molecule has 6 nitrogen and oxygen atoms in total. The van der Waals surface area contributed by atoms with Gasteiger partial charge in [-0.05, 0) is 0 Å². The number of hydrogen-bond acceptors (Lipinski definition) is 2. The largest absolute Gasteiger partial charge is 0.369 e. The van der Waals surface area contributed by atoms with E-state index >= 15 is 0 Å². The van der Waals surface area contributed by atoms with Crippen molar-refractivity contribution in [3.05, 3.63) is 4.91 Å². The summed E-state index contributed by atoms with van der Waals surface area (Å²) in [6, 6.07) is 0. The number of nitrogens with one attached hydrogen (secondary N) is 1. The molecule has 0 fully saturated rings. The molecule has 0 aromatic carbocycles. The fourth-order valence-electron chi connectivity index (χ4n) is 0.229. The van der Waals surface area contributed by atoms with Crippen molar-refractivity contribution in [1.82, 2.24) is 4.90 Å². The zero-order valence-electron chi connectivity index (χ0n) is 5.83. The van der Waals surface area contributed by atoms with Gasteiger partial charge in [-0.1, -0.05) is 0 Å². The van der Waals surface area contributed by atoms with Gasteiger partial charge in [0.1, 0.15) is 0 Å². The van der Waals surface area contributed by atoms with Gasteiger partial charge in [-0.2, -0.15) is 4.99 Å². The van der Waals surface area contributed by atoms with Crippen LogP contribution in [0.4, 0.5) is 0 Å². The summed E-state index contributed by atoms with van der Waals surface area (Å²) in [5, 5.41) is 8.94. The third kappa shape index (κ3) is 2.75. The molecule has 0 aromatic heterocycles. The van der Waals surface area contributed by atoms with Gasteiger partial charge in [-0.25, -0.2) is 0 Å². The van der Waals surface area contributed by atoms with Crippen LogP contribution in [0.3, 0.4) is 0 Å². The van der Waals surface area contributed by atoms with E-state index < -0.39 is 5.96 Å². The van der Waals surface area contributed by atoms with Crippen molar-refractivity contribution < 1.29 is 0 Å². The molecule has 0 aliphatic rings. The minimum Gasteiger partial charge on any atom is -0.369 e. The predicted molar refractivity (Wildman–Crippen MR) is 38.8 cm³/mol. The Labute approximate surface area is 58.2 Å². The molecule has 0 spiro atoms. The van der Waals surface area contributed by atoms with Crippen LogP contribution in [0.15, 0.2) is 10.2 Å². The molecule has 3 N–H and O–H groups in total. The lowest BCUT2D eigenvalue weighted by molar-refractivity contribution is 0.615. The summed E-state index contributed by atoms with van der Waals surface area (Å²) in [6.07, 6.45) is 0. The van der Waals surface area contributed by atoms with E-state index in [0.717, 1.165) is 0 Å². The summed E-state index contributed by atoms with van der Waals surface area (Å²) in [5.41, 5.74) is 5.23. The zero-order valence-corrected chi connectivity index (χ0v) is 5.83. The smallest absolute Gasteiger partial charge is 0.286 e. The van der Waals surface area contributed by atoms with Crippen molar-refractivity contribution in [2.75, 3.05) is 14.1 Å². The second-order valence-electron chi connectivity index (χ2n) is 1.78. The third-order valence-corrected chi connectivity index (χ3v) is 0.765. The van der Waals surface area contributed by atoms with Gasteiger partial charge in [0.05, 0.1) is 0 Å². The topological polar surface area (TPSA) is 94.9 Å². The van der Waals surface area contributed by atoms with Gasteiger partial charge in [0.15, 0.2) is 5.96 Å². The SMILES string of the molecule is CN(C)C(N)=NC(=N)N=O. The maximum absolute atomic E-state index is 9.61. The van der Waals surface area contributed by atoms with E-state index in [1.165, 1.54) is 4.90 Å². The summed E-state index contributed by atoms with van der Waals surface area (Å²) < 4.78 is 0. The molecule has 0 atom stereocenters. The highest BCUT2D eigenvalue weighted by molar-refractivity contribution is 5.92. The van der Waals surface area contributed by atoms with Crippen LogP contribution in [0.5, 0.6) is 0 Å². The van der Waals surface area contributed by atoms with Gasteiger partial charge in [-0.15, -0.1) is 4.91 Å². The second kappa shape index (κ2) is 3.54. The first-order valence-corrected chi connectivity index (χ1v) is 2.51. The molecule has 0 heterocycles. The lowest BCUT2D eigenvalue weighted by atomic mass is 10.8. The average molecular weight is 143 g/mol. The third-order valence-electron chi connectivity index (χ3n) is 0.765. The summed E-state index contributed by atoms with van der Waals surface area (Å²) >= 11 is 0. The molecule has 0 aromatic rings. The lowest BCUT2D eigenvalue weighted by Gasteiger charge is -2.08. The minimum atomic E-state index is -0.619. The first-order chi connectivity index (χ1) is 4.57. The quantitative estimate of drug-likeness (QED) is 0.273. The van der Waals surface area contributed by atoms with Crippen LogP contribution in [-0.2, 0) is 0 Å². The predicted octanol–water partition coefficient (Wildman–Crippen LogP) is -0.436. The van der Waals surface area contributed by atoms with Crippen LogP contribution in [0.1, 0.15) is 0 Å². The number of aliphatic imine (C=N–C) groups is 1. The zero-order chi connectivity index (χ0) is 8.15. The molecule has 0 aliphatic heterocycles. The fourth-order valence-corrected chi connectivity index (χ4v) is 0.229. The van der Waals surface area contributed by atoms with Crippen molar-refractivity contribution in [1.29, 1.82) is 5.41 Å². The Kier molecular flexibility index (Phi) is 3.03. The van der Waals surface area contributed by atoms with Crippen molar-refractivity contribution in [2.45, 2.75) is 0 Å². The molecule has 0 rings (SSSR count). The summed E-state index contributed by atoms with van der Waals surface area (Å²) in [5.74, 6) is -0.532. The minimum absolute atomic E-state index is 0.0876. The highest BCUT2D eigenvalue weighted by atomic mass is 16.3. The molecule has 10 heavy (non-hydrogen) atoms. The van der Waals surface area contributed by atoms with E-state index in [9.17, 15) is 4.91 Å². The van der Waals surface area contributed by atoms with Crippen molar-refractivity contribution in [3.8, 4) is 0 Å². The standard InChI is InChI=1S/C4H9N5O/c1-9(2)4(6)7-3(5)8-10/h1-2H3,(H3,5,6,7). The van der Waals surface area contributed by atoms with Crippen molar-refractivity contribution >= 4 is 11.9 Å². The van der Waals surface area contributed by atoms with Crippen LogP contribution in [-0.4, -0.2) is 30.9 Å². The lowest BCUT2D eigenvalue weighted by Crippen LogP contribution is -2.30. The Hall–Kier alpha value is -1.46. The number of guanidine groups is 2. The fraction of sp³-hybridized carbons (Fsp3) is 0.500. The molecule has 0 saturated carbocycles. The molecule has 0 unspecified atom stereocenters. The van der Waals surface area contributed by atoms with E-state index in [2.05, 4.69) is 10.2 Å². The monoisotopic (exact) mass is 143 g/mol. The maximum atomic E-state index is 9.61. The van der Waals surface area contributed by atoms with Crippen LogP contribution in [0.25, 0.3) is 0 Å². The van der Waals surface area contributed by atoms with E-state index in [4.69, 9.17) is 11.1 Å². The van der Waals surface area contributed by atoms with Gasteiger partial charge >= 0.3 is 0 Å². The first-order valence-electron chi connectivity index (χ1n) is 2.51. The molecular formula is C4H9N5O. The maximum Gasteiger partial charge on any atom is 0.286 e. The van der Waals surface area contributed by atoms with Crippen LogP contribution in [0.2, 0.25) is 0 Å². The number of nitroso groups, excluding NO2 is 1. The van der Waals surface area contributed by atoms with Gasteiger partial charge in [0.25, 0.3) is 5.96 Å². The van der Waals surface area contributed by atoms with Gasteiger partial charge < -0.3 is 10.6 Å². The second-order valence-corrected chi connectivity index (χ2v) is 1.78. The molecule has 0 amide bonds. The van der Waals surface area contributed by atoms with E-state index in [-0.39, 0.29) is 5.96 Å². The molecular weight excluding hydrogens is 134 g/mol. The van der Waals surface area contributed by atoms with Gasteiger partial charge in [0.2, 0.25) is 0 Å². The average Bonchev–Trinajstić information content (AvgIpc) is 1.87. The van der Waals surface area contributed by atoms with Crippen LogP contribution < -0.4 is 5.73 Å². The highest BCUT2D eigenvalue weighted by Gasteiger charge is 1.95. The molecule has 0 radical (unpaired) electrons. The Balaban J connectivity index is 4.16. The molecule has 0 saturated heterocycles. The normalized spacial score (nSPS) is 10.8. The van der Waals surface area contributed by atoms with Crippen molar-refractivity contribution in [3.63, 3.8) is 0 Å². The summed E-state index contributed by atoms with van der Waals surface area (Å²) in [4.78, 5) is 14.4. The molecule has 0 bridgehead atoms. The summed E-state index contributed by atoms with van der Waals surface area (Å²) in [7, 11) is 3.30. The Morgan fingerprint density at radius 2 is 2.10 bits per heavy atom. The van der Waals surface area contributed by atoms with E-state index in [0.29, 0.717) is 0 Å². The number of nitrogens with two attached hydrogens (primary N) is 1. The van der Waals surface area contributed by atoms with Gasteiger partial charge in [0, 0.05) is 19.3 Å². The molecule has 6 heteroatoms. The first kappa shape index (κ1) is 8.54.